The lowest BCUT2D eigenvalue weighted by atomic mass is 9.81. The van der Waals surface area contributed by atoms with E-state index in [-0.39, 0.29) is 11.1 Å². The molecule has 1 aliphatic heterocycles. The second kappa shape index (κ2) is 5.78. The van der Waals surface area contributed by atoms with Crippen LogP contribution in [0.4, 0.5) is 0 Å². The molecule has 1 saturated heterocycles. The molecule has 2 heterocycles. The van der Waals surface area contributed by atoms with Crippen LogP contribution in [0.2, 0.25) is 0 Å². The fourth-order valence-corrected chi connectivity index (χ4v) is 5.83. The number of thiazole rings is 1. The molecule has 5 heteroatoms. The van der Waals surface area contributed by atoms with Gasteiger partial charge in [-0.05, 0) is 64.6 Å². The highest BCUT2D eigenvalue weighted by atomic mass is 32.2. The summed E-state index contributed by atoms with van der Waals surface area (Å²) in [6.45, 7) is 9.22. The lowest BCUT2D eigenvalue weighted by Crippen LogP contribution is -2.58. The Labute approximate surface area is 141 Å². The van der Waals surface area contributed by atoms with Crippen LogP contribution in [0.5, 0.6) is 0 Å². The van der Waals surface area contributed by atoms with E-state index in [0.29, 0.717) is 6.10 Å². The third-order valence-electron chi connectivity index (χ3n) is 4.33. The molecule has 1 fully saturated rings. The van der Waals surface area contributed by atoms with Crippen LogP contribution in [-0.2, 0) is 4.74 Å². The number of aromatic nitrogens is 1. The normalized spacial score (nSPS) is 22.2. The van der Waals surface area contributed by atoms with E-state index in [1.54, 1.807) is 23.3 Å². The maximum Gasteiger partial charge on any atom is 0.166 e. The SMILES string of the molecule is COC1CC(C)(C)N(Sc2nc3ccccc3s2)C(C)(C)C1. The van der Waals surface area contributed by atoms with Crippen molar-refractivity contribution in [1.29, 1.82) is 0 Å². The Bertz CT molecular complexity index is 614. The van der Waals surface area contributed by atoms with Gasteiger partial charge in [0, 0.05) is 18.2 Å². The van der Waals surface area contributed by atoms with Crippen molar-refractivity contribution < 1.29 is 4.74 Å². The number of methoxy groups -OCH3 is 1. The zero-order valence-corrected chi connectivity index (χ0v) is 15.6. The molecular weight excluding hydrogens is 312 g/mol. The molecule has 0 N–H and O–H groups in total. The Morgan fingerprint density at radius 3 is 2.41 bits per heavy atom. The summed E-state index contributed by atoms with van der Waals surface area (Å²) in [5, 5.41) is 0. The molecule has 0 aliphatic carbocycles. The number of fused-ring (bicyclic) bond motifs is 1. The molecule has 1 aromatic heterocycles. The van der Waals surface area contributed by atoms with Crippen molar-refractivity contribution in [3.63, 3.8) is 0 Å². The van der Waals surface area contributed by atoms with Crippen LogP contribution in [0.1, 0.15) is 40.5 Å². The minimum absolute atomic E-state index is 0.0744. The van der Waals surface area contributed by atoms with Crippen LogP contribution in [0.15, 0.2) is 28.6 Å². The molecule has 0 bridgehead atoms. The number of para-hydroxylation sites is 1. The van der Waals surface area contributed by atoms with Gasteiger partial charge in [-0.25, -0.2) is 9.29 Å². The van der Waals surface area contributed by atoms with E-state index < -0.39 is 0 Å². The first-order chi connectivity index (χ1) is 10.3. The Kier molecular flexibility index (Phi) is 4.27. The molecule has 1 aromatic carbocycles. The molecule has 22 heavy (non-hydrogen) atoms. The molecule has 0 unspecified atom stereocenters. The van der Waals surface area contributed by atoms with Gasteiger partial charge in [-0.15, -0.1) is 11.3 Å². The van der Waals surface area contributed by atoms with Crippen LogP contribution < -0.4 is 0 Å². The highest BCUT2D eigenvalue weighted by Gasteiger charge is 2.46. The van der Waals surface area contributed by atoms with Gasteiger partial charge in [0.2, 0.25) is 0 Å². The molecule has 0 radical (unpaired) electrons. The van der Waals surface area contributed by atoms with Crippen LogP contribution in [0, 0.1) is 0 Å². The highest BCUT2D eigenvalue weighted by molar-refractivity contribution is 7.99. The van der Waals surface area contributed by atoms with E-state index in [4.69, 9.17) is 9.72 Å². The topological polar surface area (TPSA) is 25.4 Å². The molecule has 0 spiro atoms. The van der Waals surface area contributed by atoms with Crippen LogP contribution in [0.3, 0.4) is 0 Å². The van der Waals surface area contributed by atoms with Crippen molar-refractivity contribution in [1.82, 2.24) is 9.29 Å². The van der Waals surface area contributed by atoms with Crippen LogP contribution in [-0.4, -0.2) is 33.6 Å². The van der Waals surface area contributed by atoms with Crippen molar-refractivity contribution in [2.45, 2.75) is 62.1 Å². The van der Waals surface area contributed by atoms with Gasteiger partial charge in [0.1, 0.15) is 0 Å². The fraction of sp³-hybridized carbons (Fsp3) is 0.588. The summed E-state index contributed by atoms with van der Waals surface area (Å²) in [5.74, 6) is 0. The second-order valence-corrected chi connectivity index (χ2v) is 9.45. The zero-order valence-electron chi connectivity index (χ0n) is 13.9. The number of piperidine rings is 1. The molecule has 0 amide bonds. The quantitative estimate of drug-likeness (QED) is 0.739. The van der Waals surface area contributed by atoms with E-state index >= 15 is 0 Å². The first-order valence-electron chi connectivity index (χ1n) is 7.68. The lowest BCUT2D eigenvalue weighted by Gasteiger charge is -2.53. The second-order valence-electron chi connectivity index (χ2n) is 7.22. The van der Waals surface area contributed by atoms with E-state index in [0.717, 1.165) is 22.7 Å². The zero-order chi connectivity index (χ0) is 16.0. The summed E-state index contributed by atoms with van der Waals surface area (Å²) in [4.78, 5) is 4.79. The summed E-state index contributed by atoms with van der Waals surface area (Å²) >= 11 is 3.58. The lowest BCUT2D eigenvalue weighted by molar-refractivity contribution is -0.0410. The largest absolute Gasteiger partial charge is 0.381 e. The molecule has 3 rings (SSSR count). The third-order valence-corrected chi connectivity index (χ3v) is 7.05. The van der Waals surface area contributed by atoms with Gasteiger partial charge in [0.15, 0.2) is 4.34 Å². The van der Waals surface area contributed by atoms with E-state index in [1.807, 2.05) is 7.11 Å². The predicted octanol–water partition coefficient (Wildman–Crippen LogP) is 4.97. The number of hydrogen-bond acceptors (Lipinski definition) is 5. The maximum absolute atomic E-state index is 5.66. The van der Waals surface area contributed by atoms with Crippen LogP contribution >= 0.6 is 23.3 Å². The molecule has 3 nitrogen and oxygen atoms in total. The van der Waals surface area contributed by atoms with Gasteiger partial charge in [0.25, 0.3) is 0 Å². The predicted molar refractivity (Wildman–Crippen MR) is 95.5 cm³/mol. The number of hydrogen-bond donors (Lipinski definition) is 0. The van der Waals surface area contributed by atoms with E-state index in [2.05, 4.69) is 56.3 Å². The van der Waals surface area contributed by atoms with E-state index in [9.17, 15) is 0 Å². The standard InChI is InChI=1S/C17H24N2OS2/c1-16(2)10-12(20-5)11-17(3,4)19(16)22-15-18-13-8-6-7-9-14(13)21-15/h6-9,12H,10-11H2,1-5H3. The minimum Gasteiger partial charge on any atom is -0.381 e. The number of rotatable bonds is 3. The van der Waals surface area contributed by atoms with Gasteiger partial charge < -0.3 is 4.74 Å². The molecule has 1 aliphatic rings. The smallest absolute Gasteiger partial charge is 0.166 e. The van der Waals surface area contributed by atoms with Gasteiger partial charge in [0.05, 0.1) is 16.3 Å². The summed E-state index contributed by atoms with van der Waals surface area (Å²) in [6, 6.07) is 8.36. The van der Waals surface area contributed by atoms with Gasteiger partial charge in [-0.2, -0.15) is 0 Å². The Morgan fingerprint density at radius 1 is 1.18 bits per heavy atom. The Morgan fingerprint density at radius 2 is 1.82 bits per heavy atom. The fourth-order valence-electron chi connectivity index (χ4n) is 3.55. The maximum atomic E-state index is 5.66. The number of nitrogens with zero attached hydrogens (tertiary/aromatic N) is 2. The molecule has 120 valence electrons. The van der Waals surface area contributed by atoms with Gasteiger partial charge in [-0.1, -0.05) is 12.1 Å². The molecule has 2 aromatic rings. The van der Waals surface area contributed by atoms with Crippen LogP contribution in [0.25, 0.3) is 10.2 Å². The highest BCUT2D eigenvalue weighted by Crippen LogP contribution is 2.47. The monoisotopic (exact) mass is 336 g/mol. The first-order valence-corrected chi connectivity index (χ1v) is 9.27. The van der Waals surface area contributed by atoms with Crippen molar-refractivity contribution in [3.8, 4) is 0 Å². The Balaban J connectivity index is 1.88. The van der Waals surface area contributed by atoms with Crippen molar-refractivity contribution in [2.24, 2.45) is 0 Å². The summed E-state index contributed by atoms with van der Waals surface area (Å²) in [5.41, 5.74) is 1.24. The molecule has 0 atom stereocenters. The number of ether oxygens (including phenoxy) is 1. The molecule has 0 saturated carbocycles. The van der Waals surface area contributed by atoms with Crippen molar-refractivity contribution >= 4 is 33.5 Å². The average Bonchev–Trinajstić information content (AvgIpc) is 2.84. The summed E-state index contributed by atoms with van der Waals surface area (Å²) in [6.07, 6.45) is 2.42. The summed E-state index contributed by atoms with van der Waals surface area (Å²) < 4.78 is 10.6. The van der Waals surface area contributed by atoms with Gasteiger partial charge >= 0.3 is 0 Å². The van der Waals surface area contributed by atoms with Gasteiger partial charge in [-0.3, -0.25) is 0 Å². The third kappa shape index (κ3) is 3.04. The molecular formula is C17H24N2OS2. The first kappa shape index (κ1) is 16.2. The average molecular weight is 337 g/mol. The Hall–Kier alpha value is -0.620. The van der Waals surface area contributed by atoms with E-state index in [1.165, 1.54) is 4.70 Å². The summed E-state index contributed by atoms with van der Waals surface area (Å²) in [7, 11) is 1.83. The van der Waals surface area contributed by atoms with Crippen molar-refractivity contribution in [3.05, 3.63) is 24.3 Å². The van der Waals surface area contributed by atoms with Crippen molar-refractivity contribution in [2.75, 3.05) is 7.11 Å². The minimum atomic E-state index is 0.0744. The number of benzene rings is 1.